The lowest BCUT2D eigenvalue weighted by molar-refractivity contribution is -0.140. The molecule has 0 radical (unpaired) electrons. The minimum Gasteiger partial charge on any atom is -0.383 e. The Labute approximate surface area is 237 Å². The fraction of sp³-hybridized carbons (Fsp3) is 0.357. The molecular weight excluding hydrogens is 540 g/mol. The average molecular weight is 571 g/mol. The third-order valence-electron chi connectivity index (χ3n) is 6.49. The van der Waals surface area contributed by atoms with Crippen molar-refractivity contribution in [3.05, 3.63) is 75.7 Å². The number of pyridine rings is 1. The zero-order valence-electron chi connectivity index (χ0n) is 21.9. The summed E-state index contributed by atoms with van der Waals surface area (Å²) < 4.78 is 19.8. The number of aromatic nitrogens is 1. The lowest BCUT2D eigenvalue weighted by Gasteiger charge is -2.36. The Morgan fingerprint density at radius 1 is 1.23 bits per heavy atom. The van der Waals surface area contributed by atoms with Crippen molar-refractivity contribution in [1.82, 2.24) is 21.0 Å². The molecule has 4 N–H and O–H groups in total. The van der Waals surface area contributed by atoms with Gasteiger partial charge >= 0.3 is 0 Å². The first-order chi connectivity index (χ1) is 18.5. The van der Waals surface area contributed by atoms with Crippen LogP contribution in [0.1, 0.15) is 37.9 Å². The van der Waals surface area contributed by atoms with Crippen LogP contribution in [-0.2, 0) is 4.74 Å². The second-order valence-corrected chi connectivity index (χ2v) is 11.9. The number of anilines is 2. The van der Waals surface area contributed by atoms with Gasteiger partial charge in [0.2, 0.25) is 0 Å². The largest absolute Gasteiger partial charge is 0.383 e. The molecule has 1 fully saturated rings. The van der Waals surface area contributed by atoms with E-state index in [4.69, 9.17) is 27.9 Å². The molecule has 5 rings (SSSR count). The predicted octanol–water partition coefficient (Wildman–Crippen LogP) is 5.93. The first-order valence-corrected chi connectivity index (χ1v) is 13.3. The van der Waals surface area contributed by atoms with Crippen LogP contribution in [0.4, 0.5) is 15.8 Å². The van der Waals surface area contributed by atoms with E-state index in [2.05, 4.69) is 53.4 Å². The Morgan fingerprint density at radius 3 is 2.67 bits per heavy atom. The van der Waals surface area contributed by atoms with Crippen molar-refractivity contribution in [2.24, 2.45) is 5.41 Å². The summed E-state index contributed by atoms with van der Waals surface area (Å²) in [6.07, 6.45) is 3.35. The normalized spacial score (nSPS) is 17.2. The number of hydrazine groups is 2. The Morgan fingerprint density at radius 2 is 2.00 bits per heavy atom. The highest BCUT2D eigenvalue weighted by Gasteiger charge is 2.41. The van der Waals surface area contributed by atoms with Gasteiger partial charge in [0.15, 0.2) is 5.67 Å². The quantitative estimate of drug-likeness (QED) is 0.265. The molecule has 8 nitrogen and oxygen atoms in total. The molecule has 1 saturated heterocycles. The highest BCUT2D eigenvalue weighted by atomic mass is 35.5. The highest BCUT2D eigenvalue weighted by Crippen LogP contribution is 2.37. The van der Waals surface area contributed by atoms with Crippen LogP contribution in [0.25, 0.3) is 10.9 Å². The molecule has 3 aromatic rings. The number of ether oxygens (including phenoxy) is 1. The molecule has 2 aliphatic rings. The lowest BCUT2D eigenvalue weighted by atomic mass is 9.96. The van der Waals surface area contributed by atoms with E-state index in [1.807, 2.05) is 36.5 Å². The number of alkyl halides is 1. The molecule has 0 aliphatic carbocycles. The number of nitriles is 1. The standard InChI is InChI=1S/C28H30Cl2FN7O/c1-27(2,3)13-34-24-17(10-32)11-33-25-20(24)8-18(9-22(25)30)35-26(19-6-4-5-7-21(19)29)23-12-38(37-36-23)14-28(31)15-39-16-28/h4-9,11-12,26,35-37H,13-16H2,1-3H3,(H,33,34). The number of fused-ring (bicyclic) bond motifs is 1. The van der Waals surface area contributed by atoms with Crippen molar-refractivity contribution in [2.45, 2.75) is 32.5 Å². The molecule has 0 amide bonds. The summed E-state index contributed by atoms with van der Waals surface area (Å²) in [5.74, 6) is 0. The van der Waals surface area contributed by atoms with Crippen molar-refractivity contribution in [3.63, 3.8) is 0 Å². The fourth-order valence-corrected chi connectivity index (χ4v) is 5.00. The molecular formula is C28H30Cl2FN7O. The van der Waals surface area contributed by atoms with Crippen molar-refractivity contribution < 1.29 is 9.13 Å². The number of rotatable bonds is 8. The van der Waals surface area contributed by atoms with Gasteiger partial charge in [0.25, 0.3) is 0 Å². The highest BCUT2D eigenvalue weighted by molar-refractivity contribution is 6.36. The Kier molecular flexibility index (Phi) is 7.49. The van der Waals surface area contributed by atoms with E-state index in [9.17, 15) is 9.65 Å². The predicted molar refractivity (Wildman–Crippen MR) is 153 cm³/mol. The van der Waals surface area contributed by atoms with Crippen LogP contribution in [-0.4, -0.2) is 42.0 Å². The Bertz CT molecular complexity index is 1460. The maximum Gasteiger partial charge on any atom is 0.176 e. The van der Waals surface area contributed by atoms with Gasteiger partial charge in [0, 0.05) is 35.0 Å². The van der Waals surface area contributed by atoms with Gasteiger partial charge in [0.05, 0.1) is 53.3 Å². The van der Waals surface area contributed by atoms with E-state index in [0.717, 1.165) is 16.6 Å². The third-order valence-corrected chi connectivity index (χ3v) is 7.13. The van der Waals surface area contributed by atoms with Gasteiger partial charge in [-0.05, 0) is 29.2 Å². The number of nitrogens with zero attached hydrogens (tertiary/aromatic N) is 3. The van der Waals surface area contributed by atoms with E-state index in [-0.39, 0.29) is 25.2 Å². The Hall–Kier alpha value is -3.29. The number of halogens is 3. The van der Waals surface area contributed by atoms with E-state index < -0.39 is 11.7 Å². The first-order valence-electron chi connectivity index (χ1n) is 12.6. The third kappa shape index (κ3) is 5.99. The number of hydrogen-bond acceptors (Lipinski definition) is 8. The topological polar surface area (TPSA) is 97.3 Å². The molecule has 39 heavy (non-hydrogen) atoms. The van der Waals surface area contributed by atoms with E-state index in [1.165, 1.54) is 6.20 Å². The summed E-state index contributed by atoms with van der Waals surface area (Å²) in [4.78, 5) is 4.45. The van der Waals surface area contributed by atoms with Gasteiger partial charge in [0.1, 0.15) is 6.07 Å². The van der Waals surface area contributed by atoms with Crippen LogP contribution in [0.2, 0.25) is 10.0 Å². The molecule has 11 heteroatoms. The molecule has 2 aromatic carbocycles. The SMILES string of the molecule is CC(C)(C)CNc1c(C#N)cnc2c(Cl)cc(NC(C3=CN(CC4(F)COC4)NN3)c3ccccc3Cl)cc12. The van der Waals surface area contributed by atoms with E-state index in [1.54, 1.807) is 11.1 Å². The van der Waals surface area contributed by atoms with Gasteiger partial charge in [-0.25, -0.2) is 4.39 Å². The summed E-state index contributed by atoms with van der Waals surface area (Å²) in [6, 6.07) is 13.0. The number of hydrogen-bond donors (Lipinski definition) is 4. The summed E-state index contributed by atoms with van der Waals surface area (Å²) in [6.45, 7) is 7.27. The maximum absolute atomic E-state index is 14.7. The molecule has 0 saturated carbocycles. The van der Waals surface area contributed by atoms with Crippen molar-refractivity contribution in [3.8, 4) is 6.07 Å². The summed E-state index contributed by atoms with van der Waals surface area (Å²) >= 11 is 13.3. The van der Waals surface area contributed by atoms with Crippen LogP contribution in [0.5, 0.6) is 0 Å². The van der Waals surface area contributed by atoms with Crippen LogP contribution in [0.3, 0.4) is 0 Å². The number of benzene rings is 2. The molecule has 2 aliphatic heterocycles. The second-order valence-electron chi connectivity index (χ2n) is 11.1. The second kappa shape index (κ2) is 10.7. The molecule has 204 valence electrons. The minimum atomic E-state index is -1.40. The van der Waals surface area contributed by atoms with Gasteiger partial charge in [-0.1, -0.05) is 62.2 Å². The number of nitrogens with one attached hydrogen (secondary N) is 4. The first kappa shape index (κ1) is 27.3. The average Bonchev–Trinajstić information content (AvgIpc) is 3.32. The van der Waals surface area contributed by atoms with Gasteiger partial charge in [-0.15, -0.1) is 5.53 Å². The van der Waals surface area contributed by atoms with E-state index in [0.29, 0.717) is 39.0 Å². The van der Waals surface area contributed by atoms with Crippen LogP contribution in [0, 0.1) is 16.7 Å². The Balaban J connectivity index is 1.53. The van der Waals surface area contributed by atoms with Crippen LogP contribution < -0.4 is 21.6 Å². The molecule has 1 aromatic heterocycles. The zero-order valence-corrected chi connectivity index (χ0v) is 23.4. The minimum absolute atomic E-state index is 0.0135. The monoisotopic (exact) mass is 569 g/mol. The molecule has 0 bridgehead atoms. The maximum atomic E-state index is 14.7. The summed E-state index contributed by atoms with van der Waals surface area (Å²) in [5.41, 5.74) is 8.70. The molecule has 0 spiro atoms. The van der Waals surface area contributed by atoms with Gasteiger partial charge < -0.3 is 20.8 Å². The fourth-order valence-electron chi connectivity index (χ4n) is 4.49. The van der Waals surface area contributed by atoms with Crippen LogP contribution in [0.15, 0.2) is 54.5 Å². The van der Waals surface area contributed by atoms with Gasteiger partial charge in [-0.3, -0.25) is 9.99 Å². The van der Waals surface area contributed by atoms with Gasteiger partial charge in [-0.2, -0.15) is 5.26 Å². The van der Waals surface area contributed by atoms with Crippen molar-refractivity contribution >= 4 is 45.5 Å². The lowest BCUT2D eigenvalue weighted by Crippen LogP contribution is -2.55. The molecule has 1 unspecified atom stereocenters. The molecule has 1 atom stereocenters. The van der Waals surface area contributed by atoms with E-state index >= 15 is 0 Å². The summed E-state index contributed by atoms with van der Waals surface area (Å²) in [5, 5.41) is 20.1. The van der Waals surface area contributed by atoms with Crippen molar-refractivity contribution in [1.29, 1.82) is 5.26 Å². The van der Waals surface area contributed by atoms with Crippen molar-refractivity contribution in [2.75, 3.05) is 36.9 Å². The summed E-state index contributed by atoms with van der Waals surface area (Å²) in [7, 11) is 0. The zero-order chi connectivity index (χ0) is 27.8. The molecule has 3 heterocycles. The smallest absolute Gasteiger partial charge is 0.176 e. The van der Waals surface area contributed by atoms with Crippen LogP contribution >= 0.6 is 23.2 Å².